The Bertz CT molecular complexity index is 222. The normalized spacial score (nSPS) is 39.1. The van der Waals surface area contributed by atoms with Gasteiger partial charge in [0.05, 0.1) is 6.10 Å². The number of rotatable bonds is 2. The van der Waals surface area contributed by atoms with Crippen molar-refractivity contribution in [1.82, 2.24) is 0 Å². The second-order valence-electron chi connectivity index (χ2n) is 3.08. The van der Waals surface area contributed by atoms with Gasteiger partial charge in [-0.15, -0.1) is 0 Å². The molecule has 1 fully saturated rings. The minimum absolute atomic E-state index is 0.00708. The average molecular weight is 168 g/mol. The number of carbonyl (C=O) groups excluding carboxylic acids is 1. The predicted octanol–water partition coefficient (Wildman–Crippen LogP) is 0.688. The Labute approximate surface area is 71.3 Å². The molecule has 0 aliphatic carbocycles. The van der Waals surface area contributed by atoms with E-state index in [-0.39, 0.29) is 24.1 Å². The fraction of sp³-hybridized carbons (Fsp3) is 0.667. The Morgan fingerprint density at radius 3 is 3.25 bits per heavy atom. The van der Waals surface area contributed by atoms with Gasteiger partial charge in [-0.3, -0.25) is 4.79 Å². The molecule has 2 heterocycles. The Morgan fingerprint density at radius 1 is 1.75 bits per heavy atom. The monoisotopic (exact) mass is 168 g/mol. The summed E-state index contributed by atoms with van der Waals surface area (Å²) >= 11 is 0. The van der Waals surface area contributed by atoms with E-state index in [2.05, 4.69) is 0 Å². The zero-order chi connectivity index (χ0) is 8.55. The molecule has 2 aliphatic rings. The highest BCUT2D eigenvalue weighted by atomic mass is 16.6. The predicted molar refractivity (Wildman–Crippen MR) is 42.8 cm³/mol. The first-order chi connectivity index (χ1) is 5.81. The van der Waals surface area contributed by atoms with Crippen LogP contribution < -0.4 is 0 Å². The van der Waals surface area contributed by atoms with Crippen LogP contribution in [0.2, 0.25) is 0 Å². The molecule has 0 saturated carbocycles. The standard InChI is InChI=1S/C9H12O3/c1-2-11-9-5-8-6(10)3-4-7(9)12-8/h3-4,7-9H,2,5H2,1H3. The van der Waals surface area contributed by atoms with Crippen LogP contribution in [0.1, 0.15) is 13.3 Å². The van der Waals surface area contributed by atoms with Gasteiger partial charge in [0.2, 0.25) is 0 Å². The molecule has 3 unspecified atom stereocenters. The average Bonchev–Trinajstić information content (AvgIpc) is 2.39. The van der Waals surface area contributed by atoms with E-state index in [1.807, 2.05) is 6.92 Å². The lowest BCUT2D eigenvalue weighted by Crippen LogP contribution is -2.25. The van der Waals surface area contributed by atoms with Crippen LogP contribution in [-0.4, -0.2) is 30.7 Å². The molecule has 0 aromatic heterocycles. The molecule has 2 aliphatic heterocycles. The lowest BCUT2D eigenvalue weighted by Gasteiger charge is -2.15. The molecular formula is C9H12O3. The fourth-order valence-corrected chi connectivity index (χ4v) is 1.70. The molecule has 0 radical (unpaired) electrons. The van der Waals surface area contributed by atoms with Crippen LogP contribution in [0.5, 0.6) is 0 Å². The molecule has 0 amide bonds. The highest BCUT2D eigenvalue weighted by Crippen LogP contribution is 2.28. The van der Waals surface area contributed by atoms with Crippen LogP contribution >= 0.6 is 0 Å². The lowest BCUT2D eigenvalue weighted by molar-refractivity contribution is -0.125. The highest BCUT2D eigenvalue weighted by Gasteiger charge is 2.39. The number of fused-ring (bicyclic) bond motifs is 2. The molecule has 0 aromatic rings. The van der Waals surface area contributed by atoms with E-state index in [0.717, 1.165) is 0 Å². The summed E-state index contributed by atoms with van der Waals surface area (Å²) < 4.78 is 10.8. The van der Waals surface area contributed by atoms with Gasteiger partial charge in [-0.25, -0.2) is 0 Å². The first-order valence-electron chi connectivity index (χ1n) is 4.30. The van der Waals surface area contributed by atoms with Crippen molar-refractivity contribution >= 4 is 5.78 Å². The number of hydrogen-bond donors (Lipinski definition) is 0. The van der Waals surface area contributed by atoms with Gasteiger partial charge in [0.25, 0.3) is 0 Å². The van der Waals surface area contributed by atoms with Crippen molar-refractivity contribution in [2.45, 2.75) is 31.7 Å². The molecular weight excluding hydrogens is 156 g/mol. The molecule has 0 aromatic carbocycles. The van der Waals surface area contributed by atoms with E-state index in [1.165, 1.54) is 0 Å². The summed E-state index contributed by atoms with van der Waals surface area (Å²) in [5.41, 5.74) is 0. The Kier molecular flexibility index (Phi) is 1.98. The van der Waals surface area contributed by atoms with E-state index in [9.17, 15) is 4.79 Å². The van der Waals surface area contributed by atoms with Gasteiger partial charge < -0.3 is 9.47 Å². The highest BCUT2D eigenvalue weighted by molar-refractivity contribution is 5.94. The maximum Gasteiger partial charge on any atom is 0.184 e. The molecule has 0 N–H and O–H groups in total. The zero-order valence-electron chi connectivity index (χ0n) is 7.03. The summed E-state index contributed by atoms with van der Waals surface area (Å²) in [5.74, 6) is 0.0773. The largest absolute Gasteiger partial charge is 0.375 e. The topological polar surface area (TPSA) is 35.5 Å². The third-order valence-electron chi connectivity index (χ3n) is 2.28. The van der Waals surface area contributed by atoms with Gasteiger partial charge >= 0.3 is 0 Å². The SMILES string of the molecule is CCOC1CC2OC1C=CC2=O. The molecule has 0 spiro atoms. The Balaban J connectivity index is 2.07. The molecule has 3 atom stereocenters. The van der Waals surface area contributed by atoms with Crippen molar-refractivity contribution in [2.24, 2.45) is 0 Å². The Hall–Kier alpha value is -0.670. The van der Waals surface area contributed by atoms with E-state index >= 15 is 0 Å². The second kappa shape index (κ2) is 2.99. The van der Waals surface area contributed by atoms with Crippen molar-refractivity contribution in [3.8, 4) is 0 Å². The van der Waals surface area contributed by atoms with Crippen molar-refractivity contribution in [3.05, 3.63) is 12.2 Å². The van der Waals surface area contributed by atoms with E-state index in [1.54, 1.807) is 12.2 Å². The number of hydrogen-bond acceptors (Lipinski definition) is 3. The minimum Gasteiger partial charge on any atom is -0.375 e. The van der Waals surface area contributed by atoms with Crippen molar-refractivity contribution in [3.63, 3.8) is 0 Å². The van der Waals surface area contributed by atoms with Crippen LogP contribution in [0.3, 0.4) is 0 Å². The van der Waals surface area contributed by atoms with Gasteiger partial charge in [-0.2, -0.15) is 0 Å². The third kappa shape index (κ3) is 1.19. The smallest absolute Gasteiger partial charge is 0.184 e. The van der Waals surface area contributed by atoms with Crippen LogP contribution in [0.25, 0.3) is 0 Å². The van der Waals surface area contributed by atoms with Gasteiger partial charge in [0.15, 0.2) is 5.78 Å². The van der Waals surface area contributed by atoms with Crippen LogP contribution in [0.15, 0.2) is 12.2 Å². The molecule has 1 saturated heterocycles. The molecule has 2 rings (SSSR count). The molecule has 2 bridgehead atoms. The first kappa shape index (κ1) is 7.95. The molecule has 12 heavy (non-hydrogen) atoms. The van der Waals surface area contributed by atoms with Crippen molar-refractivity contribution in [1.29, 1.82) is 0 Å². The van der Waals surface area contributed by atoms with Gasteiger partial charge in [0.1, 0.15) is 12.2 Å². The summed E-state index contributed by atoms with van der Waals surface area (Å²) in [6.45, 7) is 2.63. The molecule has 3 nitrogen and oxygen atoms in total. The van der Waals surface area contributed by atoms with Crippen LogP contribution in [0.4, 0.5) is 0 Å². The molecule has 66 valence electrons. The third-order valence-corrected chi connectivity index (χ3v) is 2.28. The van der Waals surface area contributed by atoms with Crippen LogP contribution in [-0.2, 0) is 14.3 Å². The summed E-state index contributed by atoms with van der Waals surface area (Å²) in [6.07, 6.45) is 3.97. The van der Waals surface area contributed by atoms with Crippen molar-refractivity contribution < 1.29 is 14.3 Å². The first-order valence-corrected chi connectivity index (χ1v) is 4.30. The quantitative estimate of drug-likeness (QED) is 0.608. The van der Waals surface area contributed by atoms with E-state index in [4.69, 9.17) is 9.47 Å². The number of ether oxygens (including phenoxy) is 2. The fourth-order valence-electron chi connectivity index (χ4n) is 1.70. The number of ketones is 1. The number of carbonyl (C=O) groups is 1. The maximum absolute atomic E-state index is 11.1. The molecule has 3 heteroatoms. The summed E-state index contributed by atoms with van der Waals surface area (Å²) in [5, 5.41) is 0. The van der Waals surface area contributed by atoms with E-state index in [0.29, 0.717) is 13.0 Å². The van der Waals surface area contributed by atoms with Crippen molar-refractivity contribution in [2.75, 3.05) is 6.61 Å². The van der Waals surface area contributed by atoms with Crippen LogP contribution in [0, 0.1) is 0 Å². The van der Waals surface area contributed by atoms with Gasteiger partial charge in [-0.1, -0.05) is 0 Å². The summed E-state index contributed by atoms with van der Waals surface area (Å²) in [6, 6.07) is 0. The Morgan fingerprint density at radius 2 is 2.58 bits per heavy atom. The zero-order valence-corrected chi connectivity index (χ0v) is 7.03. The summed E-state index contributed by atoms with van der Waals surface area (Å²) in [4.78, 5) is 11.1. The van der Waals surface area contributed by atoms with Gasteiger partial charge in [0, 0.05) is 13.0 Å². The lowest BCUT2D eigenvalue weighted by atomic mass is 10.1. The second-order valence-corrected chi connectivity index (χ2v) is 3.08. The summed E-state index contributed by atoms with van der Waals surface area (Å²) in [7, 11) is 0. The maximum atomic E-state index is 11.1. The minimum atomic E-state index is -0.239. The van der Waals surface area contributed by atoms with Gasteiger partial charge in [-0.05, 0) is 19.1 Å². The van der Waals surface area contributed by atoms with E-state index < -0.39 is 0 Å².